The predicted octanol–water partition coefficient (Wildman–Crippen LogP) is 2.16. The lowest BCUT2D eigenvalue weighted by Crippen LogP contribution is -2.31. The smallest absolute Gasteiger partial charge is 0.317 e. The van der Waals surface area contributed by atoms with Gasteiger partial charge in [0.15, 0.2) is 0 Å². The van der Waals surface area contributed by atoms with Gasteiger partial charge in [-0.2, -0.15) is 0 Å². The molecule has 1 fully saturated rings. The van der Waals surface area contributed by atoms with Crippen molar-refractivity contribution in [2.45, 2.75) is 6.92 Å². The first-order valence-electron chi connectivity index (χ1n) is 5.58. The topological polar surface area (TPSA) is 41.6 Å². The number of nitrogens with one attached hydrogen (secondary N) is 1. The zero-order valence-corrected chi connectivity index (χ0v) is 11.3. The zero-order valence-electron chi connectivity index (χ0n) is 9.70. The Balaban J connectivity index is 1.83. The molecular weight excluding hydrogens is 284 g/mol. The molecule has 0 saturated carbocycles. The SMILES string of the molecule is Cc1cc(Br)ccc1OCCN1CCNC1=O. The molecule has 1 aromatic rings. The van der Waals surface area contributed by atoms with Crippen molar-refractivity contribution >= 4 is 22.0 Å². The Morgan fingerprint density at radius 2 is 2.35 bits per heavy atom. The van der Waals surface area contributed by atoms with Gasteiger partial charge in [-0.25, -0.2) is 4.79 Å². The molecule has 2 amide bonds. The van der Waals surface area contributed by atoms with Crippen LogP contribution in [-0.2, 0) is 0 Å². The van der Waals surface area contributed by atoms with E-state index < -0.39 is 0 Å². The molecule has 1 heterocycles. The van der Waals surface area contributed by atoms with Crippen molar-refractivity contribution in [3.8, 4) is 5.75 Å². The number of carbonyl (C=O) groups is 1. The Morgan fingerprint density at radius 1 is 1.53 bits per heavy atom. The minimum Gasteiger partial charge on any atom is -0.491 e. The third-order valence-electron chi connectivity index (χ3n) is 2.70. The molecule has 0 radical (unpaired) electrons. The minimum absolute atomic E-state index is 0.00104. The molecule has 0 spiro atoms. The first kappa shape index (κ1) is 12.2. The van der Waals surface area contributed by atoms with Gasteiger partial charge in [0, 0.05) is 17.6 Å². The van der Waals surface area contributed by atoms with Crippen LogP contribution in [0.4, 0.5) is 4.79 Å². The molecule has 0 aromatic heterocycles. The maximum Gasteiger partial charge on any atom is 0.317 e. The van der Waals surface area contributed by atoms with E-state index in [1.54, 1.807) is 4.90 Å². The average Bonchev–Trinajstić information content (AvgIpc) is 2.68. The van der Waals surface area contributed by atoms with E-state index >= 15 is 0 Å². The third-order valence-corrected chi connectivity index (χ3v) is 3.19. The molecule has 0 unspecified atom stereocenters. The summed E-state index contributed by atoms with van der Waals surface area (Å²) in [6.07, 6.45) is 0. The number of carbonyl (C=O) groups excluding carboxylic acids is 1. The highest BCUT2D eigenvalue weighted by Crippen LogP contribution is 2.22. The zero-order chi connectivity index (χ0) is 12.3. The highest BCUT2D eigenvalue weighted by Gasteiger charge is 2.18. The van der Waals surface area contributed by atoms with E-state index in [-0.39, 0.29) is 6.03 Å². The van der Waals surface area contributed by atoms with Crippen LogP contribution in [0.1, 0.15) is 5.56 Å². The number of nitrogens with zero attached hydrogens (tertiary/aromatic N) is 1. The molecule has 2 rings (SSSR count). The summed E-state index contributed by atoms with van der Waals surface area (Å²) in [5.41, 5.74) is 1.09. The largest absolute Gasteiger partial charge is 0.491 e. The van der Waals surface area contributed by atoms with Gasteiger partial charge >= 0.3 is 6.03 Å². The summed E-state index contributed by atoms with van der Waals surface area (Å²) in [6.45, 7) is 4.65. The van der Waals surface area contributed by atoms with Crippen LogP contribution in [-0.4, -0.2) is 37.2 Å². The molecular formula is C12H15BrN2O2. The van der Waals surface area contributed by atoms with Crippen molar-refractivity contribution in [1.29, 1.82) is 0 Å². The monoisotopic (exact) mass is 298 g/mol. The number of ether oxygens (including phenoxy) is 1. The highest BCUT2D eigenvalue weighted by molar-refractivity contribution is 9.10. The van der Waals surface area contributed by atoms with Crippen molar-refractivity contribution in [2.75, 3.05) is 26.2 Å². The Hall–Kier alpha value is -1.23. The van der Waals surface area contributed by atoms with Crippen molar-refractivity contribution in [3.05, 3.63) is 28.2 Å². The summed E-state index contributed by atoms with van der Waals surface area (Å²) >= 11 is 3.41. The molecule has 0 aliphatic carbocycles. The lowest BCUT2D eigenvalue weighted by molar-refractivity contribution is 0.202. The molecule has 1 aliphatic rings. The molecule has 0 atom stereocenters. The molecule has 92 valence electrons. The lowest BCUT2D eigenvalue weighted by atomic mass is 10.2. The van der Waals surface area contributed by atoms with Crippen LogP contribution in [0.5, 0.6) is 5.75 Å². The molecule has 1 saturated heterocycles. The second-order valence-corrected chi connectivity index (χ2v) is 4.89. The summed E-state index contributed by atoms with van der Waals surface area (Å²) in [7, 11) is 0. The van der Waals surface area contributed by atoms with Crippen LogP contribution in [0, 0.1) is 6.92 Å². The second-order valence-electron chi connectivity index (χ2n) is 3.98. The van der Waals surface area contributed by atoms with E-state index in [2.05, 4.69) is 21.2 Å². The van der Waals surface area contributed by atoms with Crippen molar-refractivity contribution in [3.63, 3.8) is 0 Å². The third kappa shape index (κ3) is 3.12. The second kappa shape index (κ2) is 5.40. The molecule has 0 bridgehead atoms. The summed E-state index contributed by atoms with van der Waals surface area (Å²) in [5, 5.41) is 2.76. The van der Waals surface area contributed by atoms with Gasteiger partial charge < -0.3 is 15.0 Å². The number of halogens is 1. The van der Waals surface area contributed by atoms with E-state index in [9.17, 15) is 4.79 Å². The van der Waals surface area contributed by atoms with Crippen molar-refractivity contribution in [2.24, 2.45) is 0 Å². The van der Waals surface area contributed by atoms with E-state index in [1.807, 2.05) is 25.1 Å². The number of rotatable bonds is 4. The Bertz CT molecular complexity index is 423. The van der Waals surface area contributed by atoms with Gasteiger partial charge in [0.25, 0.3) is 0 Å². The lowest BCUT2D eigenvalue weighted by Gasteiger charge is -2.15. The van der Waals surface area contributed by atoms with Gasteiger partial charge in [-0.3, -0.25) is 0 Å². The van der Waals surface area contributed by atoms with Crippen LogP contribution >= 0.6 is 15.9 Å². The molecule has 5 heteroatoms. The van der Waals surface area contributed by atoms with E-state index in [4.69, 9.17) is 4.74 Å². The Labute approximate surface area is 109 Å². The number of hydrogen-bond acceptors (Lipinski definition) is 2. The fourth-order valence-electron chi connectivity index (χ4n) is 1.77. The number of benzene rings is 1. The molecule has 1 aliphatic heterocycles. The maximum absolute atomic E-state index is 11.3. The van der Waals surface area contributed by atoms with Gasteiger partial charge in [0.2, 0.25) is 0 Å². The minimum atomic E-state index is 0.00104. The van der Waals surface area contributed by atoms with Gasteiger partial charge in [-0.15, -0.1) is 0 Å². The van der Waals surface area contributed by atoms with Crippen LogP contribution < -0.4 is 10.1 Å². The molecule has 17 heavy (non-hydrogen) atoms. The molecule has 4 nitrogen and oxygen atoms in total. The first-order valence-corrected chi connectivity index (χ1v) is 6.38. The Morgan fingerprint density at radius 3 is 3.00 bits per heavy atom. The Kier molecular flexibility index (Phi) is 3.89. The van der Waals surface area contributed by atoms with Crippen LogP contribution in [0.25, 0.3) is 0 Å². The first-order chi connectivity index (χ1) is 8.16. The van der Waals surface area contributed by atoms with E-state index in [0.29, 0.717) is 13.2 Å². The fourth-order valence-corrected chi connectivity index (χ4v) is 2.24. The standard InChI is InChI=1S/C12H15BrN2O2/c1-9-8-10(13)2-3-11(9)17-7-6-15-5-4-14-12(15)16/h2-3,8H,4-7H2,1H3,(H,14,16). The number of amides is 2. The predicted molar refractivity (Wildman–Crippen MR) is 69.3 cm³/mol. The fraction of sp³-hybridized carbons (Fsp3) is 0.417. The summed E-state index contributed by atoms with van der Waals surface area (Å²) in [6, 6.07) is 5.90. The normalized spacial score (nSPS) is 14.9. The van der Waals surface area contributed by atoms with Gasteiger partial charge in [-0.1, -0.05) is 15.9 Å². The maximum atomic E-state index is 11.3. The van der Waals surface area contributed by atoms with Crippen molar-refractivity contribution < 1.29 is 9.53 Å². The van der Waals surface area contributed by atoms with Gasteiger partial charge in [-0.05, 0) is 30.7 Å². The quantitative estimate of drug-likeness (QED) is 0.925. The van der Waals surface area contributed by atoms with Crippen LogP contribution in [0.3, 0.4) is 0 Å². The summed E-state index contributed by atoms with van der Waals surface area (Å²) in [5.74, 6) is 0.868. The number of urea groups is 1. The van der Waals surface area contributed by atoms with E-state index in [1.165, 1.54) is 0 Å². The molecule has 1 N–H and O–H groups in total. The highest BCUT2D eigenvalue weighted by atomic mass is 79.9. The van der Waals surface area contributed by atoms with Crippen molar-refractivity contribution in [1.82, 2.24) is 10.2 Å². The molecule has 1 aromatic carbocycles. The number of hydrogen-bond donors (Lipinski definition) is 1. The van der Waals surface area contributed by atoms with Gasteiger partial charge in [0.1, 0.15) is 12.4 Å². The van der Waals surface area contributed by atoms with E-state index in [0.717, 1.165) is 28.9 Å². The van der Waals surface area contributed by atoms with Crippen LogP contribution in [0.15, 0.2) is 22.7 Å². The van der Waals surface area contributed by atoms with Crippen LogP contribution in [0.2, 0.25) is 0 Å². The average molecular weight is 299 g/mol. The van der Waals surface area contributed by atoms with Gasteiger partial charge in [0.05, 0.1) is 6.54 Å². The summed E-state index contributed by atoms with van der Waals surface area (Å²) < 4.78 is 6.70. The summed E-state index contributed by atoms with van der Waals surface area (Å²) in [4.78, 5) is 13.0. The number of aryl methyl sites for hydroxylation is 1.